The van der Waals surface area contributed by atoms with Gasteiger partial charge in [0.25, 0.3) is 0 Å². The number of carbonyl (C=O) groups is 1. The molecule has 0 aliphatic heterocycles. The standard InChI is InChI=1S/C11H12ClNO4S/c12-7-1-3-8(4-2-7)18(16,17)9-5-11(9,6-13)10(14)15/h1-4,9H,5-6,13H2,(H,14,15). The summed E-state index contributed by atoms with van der Waals surface area (Å²) in [4.78, 5) is 11.2. The van der Waals surface area contributed by atoms with Gasteiger partial charge in [-0.05, 0) is 30.7 Å². The fourth-order valence-electron chi connectivity index (χ4n) is 1.99. The van der Waals surface area contributed by atoms with Crippen LogP contribution in [0.15, 0.2) is 29.2 Å². The van der Waals surface area contributed by atoms with E-state index in [0.717, 1.165) is 0 Å². The van der Waals surface area contributed by atoms with Crippen LogP contribution in [0.25, 0.3) is 0 Å². The smallest absolute Gasteiger partial charge is 0.312 e. The van der Waals surface area contributed by atoms with Crippen molar-refractivity contribution in [3.05, 3.63) is 29.3 Å². The molecule has 2 unspecified atom stereocenters. The molecule has 1 aromatic carbocycles. The Labute approximate surface area is 109 Å². The second kappa shape index (κ2) is 4.22. The fourth-order valence-corrected chi connectivity index (χ4v) is 4.27. The van der Waals surface area contributed by atoms with Crippen molar-refractivity contribution in [1.82, 2.24) is 0 Å². The van der Waals surface area contributed by atoms with E-state index in [4.69, 9.17) is 22.4 Å². The van der Waals surface area contributed by atoms with Gasteiger partial charge in [-0.1, -0.05) is 11.6 Å². The summed E-state index contributed by atoms with van der Waals surface area (Å²) in [5.74, 6) is -1.16. The van der Waals surface area contributed by atoms with Gasteiger partial charge >= 0.3 is 5.97 Å². The van der Waals surface area contributed by atoms with E-state index in [9.17, 15) is 13.2 Å². The fraction of sp³-hybridized carbons (Fsp3) is 0.364. The van der Waals surface area contributed by atoms with Crippen molar-refractivity contribution in [2.24, 2.45) is 11.1 Å². The lowest BCUT2D eigenvalue weighted by Crippen LogP contribution is -2.31. The zero-order chi connectivity index (χ0) is 13.6. The molecule has 0 saturated heterocycles. The topological polar surface area (TPSA) is 97.5 Å². The van der Waals surface area contributed by atoms with Gasteiger partial charge in [-0.15, -0.1) is 0 Å². The maximum Gasteiger partial charge on any atom is 0.312 e. The van der Waals surface area contributed by atoms with Gasteiger partial charge in [-0.2, -0.15) is 0 Å². The number of hydrogen-bond donors (Lipinski definition) is 2. The van der Waals surface area contributed by atoms with E-state index in [1.54, 1.807) is 0 Å². The highest BCUT2D eigenvalue weighted by Crippen LogP contribution is 2.52. The van der Waals surface area contributed by atoms with Gasteiger partial charge in [-0.3, -0.25) is 4.79 Å². The Hall–Kier alpha value is -1.11. The Morgan fingerprint density at radius 2 is 2.00 bits per heavy atom. The molecule has 1 fully saturated rings. The van der Waals surface area contributed by atoms with Crippen molar-refractivity contribution >= 4 is 27.4 Å². The first kappa shape index (κ1) is 13.3. The van der Waals surface area contributed by atoms with Crippen LogP contribution in [0, 0.1) is 5.41 Å². The lowest BCUT2D eigenvalue weighted by atomic mass is 10.1. The quantitative estimate of drug-likeness (QED) is 0.859. The van der Waals surface area contributed by atoms with Gasteiger partial charge in [0, 0.05) is 11.6 Å². The summed E-state index contributed by atoms with van der Waals surface area (Å²) < 4.78 is 24.4. The number of nitrogens with two attached hydrogens (primary N) is 1. The van der Waals surface area contributed by atoms with Crippen LogP contribution in [-0.4, -0.2) is 31.3 Å². The highest BCUT2D eigenvalue weighted by atomic mass is 35.5. The zero-order valence-electron chi connectivity index (χ0n) is 9.34. The largest absolute Gasteiger partial charge is 0.481 e. The molecule has 5 nitrogen and oxygen atoms in total. The lowest BCUT2D eigenvalue weighted by Gasteiger charge is -2.09. The zero-order valence-corrected chi connectivity index (χ0v) is 10.9. The Bertz CT molecular complexity index is 584. The summed E-state index contributed by atoms with van der Waals surface area (Å²) in [5, 5.41) is 8.54. The highest BCUT2D eigenvalue weighted by molar-refractivity contribution is 7.92. The van der Waals surface area contributed by atoms with Gasteiger partial charge in [0.05, 0.1) is 15.6 Å². The van der Waals surface area contributed by atoms with E-state index >= 15 is 0 Å². The van der Waals surface area contributed by atoms with Crippen molar-refractivity contribution in [2.75, 3.05) is 6.54 Å². The Kier molecular flexibility index (Phi) is 3.12. The molecule has 18 heavy (non-hydrogen) atoms. The molecule has 98 valence electrons. The highest BCUT2D eigenvalue weighted by Gasteiger charge is 2.66. The van der Waals surface area contributed by atoms with Gasteiger partial charge in [0.15, 0.2) is 9.84 Å². The van der Waals surface area contributed by atoms with E-state index in [2.05, 4.69) is 0 Å². The Morgan fingerprint density at radius 3 is 2.39 bits per heavy atom. The van der Waals surface area contributed by atoms with Gasteiger partial charge < -0.3 is 10.8 Å². The monoisotopic (exact) mass is 289 g/mol. The summed E-state index contributed by atoms with van der Waals surface area (Å²) in [6.45, 7) is -0.181. The van der Waals surface area contributed by atoms with Gasteiger partial charge in [0.1, 0.15) is 0 Å². The molecule has 0 spiro atoms. The van der Waals surface area contributed by atoms with Crippen LogP contribution in [0.4, 0.5) is 0 Å². The third kappa shape index (κ3) is 1.90. The minimum atomic E-state index is -3.67. The van der Waals surface area contributed by atoms with Crippen molar-refractivity contribution in [2.45, 2.75) is 16.6 Å². The second-order valence-electron chi connectivity index (χ2n) is 4.36. The number of hydrogen-bond acceptors (Lipinski definition) is 4. The molecule has 0 heterocycles. The molecule has 0 bridgehead atoms. The molecule has 0 aromatic heterocycles. The van der Waals surface area contributed by atoms with Crippen LogP contribution in [-0.2, 0) is 14.6 Å². The second-order valence-corrected chi connectivity index (χ2v) is 6.92. The van der Waals surface area contributed by atoms with Crippen molar-refractivity contribution in [3.63, 3.8) is 0 Å². The normalized spacial score (nSPS) is 26.9. The van der Waals surface area contributed by atoms with Crippen molar-refractivity contribution in [1.29, 1.82) is 0 Å². The Morgan fingerprint density at radius 1 is 1.44 bits per heavy atom. The molecule has 2 atom stereocenters. The van der Waals surface area contributed by atoms with Crippen LogP contribution < -0.4 is 5.73 Å². The number of benzene rings is 1. The molecule has 7 heteroatoms. The van der Waals surface area contributed by atoms with Gasteiger partial charge in [-0.25, -0.2) is 8.42 Å². The molecule has 2 rings (SSSR count). The van der Waals surface area contributed by atoms with Crippen LogP contribution in [0.5, 0.6) is 0 Å². The first-order valence-electron chi connectivity index (χ1n) is 5.27. The first-order chi connectivity index (χ1) is 8.34. The third-order valence-corrected chi connectivity index (χ3v) is 5.86. The molecule has 0 radical (unpaired) electrons. The minimum Gasteiger partial charge on any atom is -0.481 e. The van der Waals surface area contributed by atoms with Crippen LogP contribution >= 0.6 is 11.6 Å². The number of sulfone groups is 1. The van der Waals surface area contributed by atoms with Crippen molar-refractivity contribution in [3.8, 4) is 0 Å². The minimum absolute atomic E-state index is 0.0593. The maximum atomic E-state index is 12.2. The predicted octanol–water partition coefficient (Wildman–Crippen LogP) is 0.916. The number of carboxylic acids is 1. The molecular weight excluding hydrogens is 278 g/mol. The van der Waals surface area contributed by atoms with E-state index < -0.39 is 26.5 Å². The average molecular weight is 290 g/mol. The van der Waals surface area contributed by atoms with Crippen molar-refractivity contribution < 1.29 is 18.3 Å². The predicted molar refractivity (Wildman–Crippen MR) is 66.2 cm³/mol. The van der Waals surface area contributed by atoms with E-state index in [1.807, 2.05) is 0 Å². The van der Waals surface area contributed by atoms with E-state index in [-0.39, 0.29) is 17.9 Å². The average Bonchev–Trinajstić information content (AvgIpc) is 3.06. The molecule has 1 aliphatic rings. The number of halogens is 1. The summed E-state index contributed by atoms with van der Waals surface area (Å²) in [7, 11) is -3.67. The van der Waals surface area contributed by atoms with Crippen LogP contribution in [0.3, 0.4) is 0 Å². The third-order valence-electron chi connectivity index (χ3n) is 3.31. The van der Waals surface area contributed by atoms with E-state index in [0.29, 0.717) is 5.02 Å². The molecule has 1 saturated carbocycles. The van der Waals surface area contributed by atoms with Crippen LogP contribution in [0.1, 0.15) is 6.42 Å². The summed E-state index contributed by atoms with van der Waals surface area (Å²) in [5.41, 5.74) is 4.06. The molecule has 1 aliphatic carbocycles. The Balaban J connectivity index is 2.35. The lowest BCUT2D eigenvalue weighted by molar-refractivity contribution is -0.142. The van der Waals surface area contributed by atoms with Gasteiger partial charge in [0.2, 0.25) is 0 Å². The summed E-state index contributed by atoms with van der Waals surface area (Å²) in [6.07, 6.45) is 0.0593. The maximum absolute atomic E-state index is 12.2. The van der Waals surface area contributed by atoms with E-state index in [1.165, 1.54) is 24.3 Å². The first-order valence-corrected chi connectivity index (χ1v) is 7.20. The van der Waals surface area contributed by atoms with Crippen LogP contribution in [0.2, 0.25) is 5.02 Å². The number of aliphatic carboxylic acids is 1. The molecule has 3 N–H and O–H groups in total. The summed E-state index contributed by atoms with van der Waals surface area (Å²) in [6, 6.07) is 5.67. The number of carboxylic acid groups (broad SMARTS) is 1. The molecule has 0 amide bonds. The molecule has 1 aromatic rings. The number of rotatable bonds is 4. The molecular formula is C11H12ClNO4S. The SMILES string of the molecule is NCC1(C(=O)O)CC1S(=O)(=O)c1ccc(Cl)cc1. The summed E-state index contributed by atoms with van der Waals surface area (Å²) >= 11 is 5.68.